The van der Waals surface area contributed by atoms with Gasteiger partial charge in [-0.1, -0.05) is 65.7 Å². The molecule has 1 aliphatic heterocycles. The normalized spacial score (nSPS) is 17.8. The summed E-state index contributed by atoms with van der Waals surface area (Å²) in [7, 11) is 0. The highest BCUT2D eigenvalue weighted by Gasteiger charge is 2.19. The van der Waals surface area contributed by atoms with Crippen molar-refractivity contribution < 1.29 is 0 Å². The van der Waals surface area contributed by atoms with Gasteiger partial charge in [0.1, 0.15) is 0 Å². The Morgan fingerprint density at radius 2 is 1.81 bits per heavy atom. The molecule has 1 aliphatic rings. The van der Waals surface area contributed by atoms with Crippen LogP contribution in [0.2, 0.25) is 10.0 Å². The van der Waals surface area contributed by atoms with E-state index in [-0.39, 0.29) is 6.04 Å². The molecule has 0 radical (unpaired) electrons. The monoisotopic (exact) mass is 316 g/mol. The number of allylic oxidation sites excluding steroid dienone is 1. The van der Waals surface area contributed by atoms with Crippen molar-refractivity contribution in [2.24, 2.45) is 5.10 Å². The zero-order valence-corrected chi connectivity index (χ0v) is 12.8. The van der Waals surface area contributed by atoms with Crippen molar-refractivity contribution >= 4 is 35.0 Å². The van der Waals surface area contributed by atoms with Crippen molar-refractivity contribution in [3.05, 3.63) is 75.8 Å². The Bertz CT molecular complexity index is 693. The van der Waals surface area contributed by atoms with Crippen LogP contribution < -0.4 is 5.43 Å². The van der Waals surface area contributed by atoms with Gasteiger partial charge in [0.25, 0.3) is 0 Å². The predicted molar refractivity (Wildman–Crippen MR) is 89.9 cm³/mol. The standard InChI is InChI=1S/C17H14Cl2N2/c18-15-9-7-13(10-16(15)19)17-11-14(20-21-17)8-6-12-4-2-1-3-5-12/h1-10,17,21H,11H2/b8-6+/t17-/m1/s1. The summed E-state index contributed by atoms with van der Waals surface area (Å²) < 4.78 is 0. The Kier molecular flexibility index (Phi) is 4.28. The third-order valence-electron chi connectivity index (χ3n) is 3.39. The molecule has 0 unspecified atom stereocenters. The van der Waals surface area contributed by atoms with Crippen LogP contribution in [0, 0.1) is 0 Å². The maximum atomic E-state index is 6.06. The number of hydrogen-bond acceptors (Lipinski definition) is 2. The van der Waals surface area contributed by atoms with Gasteiger partial charge in [-0.05, 0) is 29.3 Å². The van der Waals surface area contributed by atoms with Crippen LogP contribution in [-0.4, -0.2) is 5.71 Å². The molecule has 21 heavy (non-hydrogen) atoms. The molecule has 0 bridgehead atoms. The Morgan fingerprint density at radius 1 is 1.00 bits per heavy atom. The summed E-state index contributed by atoms with van der Waals surface area (Å²) >= 11 is 12.0. The molecule has 0 saturated heterocycles. The summed E-state index contributed by atoms with van der Waals surface area (Å²) in [6.07, 6.45) is 4.94. The zero-order valence-electron chi connectivity index (χ0n) is 11.3. The first-order valence-corrected chi connectivity index (χ1v) is 7.48. The van der Waals surface area contributed by atoms with Gasteiger partial charge in [-0.15, -0.1) is 0 Å². The maximum absolute atomic E-state index is 6.06. The lowest BCUT2D eigenvalue weighted by atomic mass is 10.0. The van der Waals surface area contributed by atoms with E-state index in [9.17, 15) is 0 Å². The van der Waals surface area contributed by atoms with Crippen LogP contribution in [0.5, 0.6) is 0 Å². The van der Waals surface area contributed by atoms with Crippen molar-refractivity contribution in [2.75, 3.05) is 0 Å². The van der Waals surface area contributed by atoms with Crippen molar-refractivity contribution in [3.63, 3.8) is 0 Å². The number of nitrogens with one attached hydrogen (secondary N) is 1. The second-order valence-corrected chi connectivity index (χ2v) is 5.72. The minimum Gasteiger partial charge on any atom is -0.302 e. The van der Waals surface area contributed by atoms with Crippen molar-refractivity contribution in [1.82, 2.24) is 5.43 Å². The second kappa shape index (κ2) is 6.33. The first-order chi connectivity index (χ1) is 10.2. The fourth-order valence-electron chi connectivity index (χ4n) is 2.24. The highest BCUT2D eigenvalue weighted by atomic mass is 35.5. The smallest absolute Gasteiger partial charge is 0.0746 e. The SMILES string of the molecule is Clc1ccc([C@H]2CC(/C=C/c3ccccc3)=NN2)cc1Cl. The van der Waals surface area contributed by atoms with Crippen molar-refractivity contribution in [3.8, 4) is 0 Å². The van der Waals surface area contributed by atoms with E-state index in [4.69, 9.17) is 23.2 Å². The molecule has 0 saturated carbocycles. The molecule has 0 aliphatic carbocycles. The average Bonchev–Trinajstić information content (AvgIpc) is 2.98. The van der Waals surface area contributed by atoms with E-state index < -0.39 is 0 Å². The summed E-state index contributed by atoms with van der Waals surface area (Å²) in [6.45, 7) is 0. The van der Waals surface area contributed by atoms with E-state index >= 15 is 0 Å². The lowest BCUT2D eigenvalue weighted by Gasteiger charge is -2.10. The first kappa shape index (κ1) is 14.2. The van der Waals surface area contributed by atoms with Gasteiger partial charge in [-0.2, -0.15) is 5.10 Å². The zero-order chi connectivity index (χ0) is 14.7. The molecule has 1 heterocycles. The van der Waals surface area contributed by atoms with Gasteiger partial charge in [0.2, 0.25) is 0 Å². The highest BCUT2D eigenvalue weighted by Crippen LogP contribution is 2.29. The molecule has 4 heteroatoms. The van der Waals surface area contributed by atoms with Gasteiger partial charge in [0, 0.05) is 6.42 Å². The van der Waals surface area contributed by atoms with E-state index in [1.54, 1.807) is 0 Å². The van der Waals surface area contributed by atoms with E-state index in [1.807, 2.05) is 42.5 Å². The van der Waals surface area contributed by atoms with Gasteiger partial charge >= 0.3 is 0 Å². The number of hydrogen-bond donors (Lipinski definition) is 1. The van der Waals surface area contributed by atoms with Crippen molar-refractivity contribution in [2.45, 2.75) is 12.5 Å². The summed E-state index contributed by atoms with van der Waals surface area (Å²) in [5.74, 6) is 0. The number of hydrazone groups is 1. The molecular weight excluding hydrogens is 303 g/mol. The van der Waals surface area contributed by atoms with Crippen molar-refractivity contribution in [1.29, 1.82) is 0 Å². The third-order valence-corrected chi connectivity index (χ3v) is 4.13. The minimum atomic E-state index is 0.148. The average molecular weight is 317 g/mol. The quantitative estimate of drug-likeness (QED) is 0.837. The largest absolute Gasteiger partial charge is 0.302 e. The Morgan fingerprint density at radius 3 is 2.57 bits per heavy atom. The number of benzene rings is 2. The fraction of sp³-hybridized carbons (Fsp3) is 0.118. The van der Waals surface area contributed by atoms with Crippen LogP contribution in [0.4, 0.5) is 0 Å². The number of nitrogens with zero attached hydrogens (tertiary/aromatic N) is 1. The molecule has 3 rings (SSSR count). The third kappa shape index (κ3) is 3.46. The highest BCUT2D eigenvalue weighted by molar-refractivity contribution is 6.42. The van der Waals surface area contributed by atoms with Gasteiger partial charge in [0.15, 0.2) is 0 Å². The van der Waals surface area contributed by atoms with E-state index in [0.717, 1.165) is 23.3 Å². The molecule has 2 aromatic carbocycles. The van der Waals surface area contributed by atoms with Crippen LogP contribution in [-0.2, 0) is 0 Å². The van der Waals surface area contributed by atoms with E-state index in [2.05, 4.69) is 28.7 Å². The topological polar surface area (TPSA) is 24.4 Å². The first-order valence-electron chi connectivity index (χ1n) is 6.72. The second-order valence-electron chi connectivity index (χ2n) is 4.91. The molecule has 0 spiro atoms. The molecule has 2 aromatic rings. The molecule has 0 fully saturated rings. The van der Waals surface area contributed by atoms with Gasteiger partial charge < -0.3 is 5.43 Å². The minimum absolute atomic E-state index is 0.148. The molecule has 106 valence electrons. The van der Waals surface area contributed by atoms with Crippen LogP contribution in [0.3, 0.4) is 0 Å². The lowest BCUT2D eigenvalue weighted by Crippen LogP contribution is -2.09. The number of halogens is 2. The molecule has 1 N–H and O–H groups in total. The summed E-state index contributed by atoms with van der Waals surface area (Å²) in [4.78, 5) is 0. The van der Waals surface area contributed by atoms with Gasteiger partial charge in [-0.25, -0.2) is 0 Å². The molecule has 0 aromatic heterocycles. The van der Waals surface area contributed by atoms with Gasteiger partial charge in [-0.3, -0.25) is 0 Å². The number of rotatable bonds is 3. The Hall–Kier alpha value is -1.77. The van der Waals surface area contributed by atoms with Crippen LogP contribution >= 0.6 is 23.2 Å². The molecule has 2 nitrogen and oxygen atoms in total. The molecule has 0 amide bonds. The predicted octanol–water partition coefficient (Wildman–Crippen LogP) is 5.10. The van der Waals surface area contributed by atoms with Gasteiger partial charge in [0.05, 0.1) is 21.8 Å². The Balaban J connectivity index is 1.67. The molecule has 1 atom stereocenters. The van der Waals surface area contributed by atoms with E-state index in [1.165, 1.54) is 0 Å². The van der Waals surface area contributed by atoms with E-state index in [0.29, 0.717) is 10.0 Å². The summed E-state index contributed by atoms with van der Waals surface area (Å²) in [6, 6.07) is 16.0. The van der Waals surface area contributed by atoms with Crippen LogP contribution in [0.25, 0.3) is 6.08 Å². The van der Waals surface area contributed by atoms with Crippen LogP contribution in [0.15, 0.2) is 59.7 Å². The summed E-state index contributed by atoms with van der Waals surface area (Å²) in [5, 5.41) is 5.51. The lowest BCUT2D eigenvalue weighted by molar-refractivity contribution is 0.620. The summed E-state index contributed by atoms with van der Waals surface area (Å²) in [5.41, 5.74) is 6.42. The van der Waals surface area contributed by atoms with Crippen LogP contribution in [0.1, 0.15) is 23.6 Å². The fourth-order valence-corrected chi connectivity index (χ4v) is 2.55. The Labute approximate surface area is 134 Å². The molecular formula is C17H14Cl2N2. The maximum Gasteiger partial charge on any atom is 0.0746 e.